The molecule has 4 aromatic rings. The minimum atomic E-state index is -0.896. The second kappa shape index (κ2) is 9.06. The van der Waals surface area contributed by atoms with Gasteiger partial charge in [-0.3, -0.25) is 14.2 Å². The molecule has 0 fully saturated rings. The van der Waals surface area contributed by atoms with Gasteiger partial charge in [-0.05, 0) is 31.2 Å². The van der Waals surface area contributed by atoms with E-state index < -0.39 is 24.1 Å². The predicted octanol–water partition coefficient (Wildman–Crippen LogP) is 1.65. The molecule has 36 heavy (non-hydrogen) atoms. The van der Waals surface area contributed by atoms with Crippen molar-refractivity contribution in [1.82, 2.24) is 19.1 Å². The van der Waals surface area contributed by atoms with Crippen molar-refractivity contribution in [3.63, 3.8) is 0 Å². The number of ether oxygens (including phenoxy) is 4. The van der Waals surface area contributed by atoms with Crippen LogP contribution in [-0.2, 0) is 16.1 Å². The number of aromatic nitrogens is 4. The lowest BCUT2D eigenvalue weighted by atomic mass is 10.2. The number of rotatable bonds is 7. The molecule has 0 atom stereocenters. The molecule has 3 heterocycles. The smallest absolute Gasteiger partial charge is 0.335 e. The van der Waals surface area contributed by atoms with Crippen molar-refractivity contribution in [2.75, 3.05) is 20.5 Å². The number of amides is 1. The lowest BCUT2D eigenvalue weighted by Crippen LogP contribution is -2.28. The Morgan fingerprint density at radius 2 is 1.92 bits per heavy atom. The molecule has 1 amide bonds. The third-order valence-corrected chi connectivity index (χ3v) is 5.54. The van der Waals surface area contributed by atoms with Crippen LogP contribution in [0, 0.1) is 0 Å². The zero-order valence-corrected chi connectivity index (χ0v) is 19.4. The molecule has 0 aliphatic carbocycles. The molecule has 0 unspecified atom stereocenters. The minimum absolute atomic E-state index is 0.00451. The number of benzene rings is 2. The van der Waals surface area contributed by atoms with Gasteiger partial charge in [-0.2, -0.15) is 0 Å². The van der Waals surface area contributed by atoms with E-state index in [1.54, 1.807) is 49.4 Å². The maximum Gasteiger partial charge on any atom is 0.335 e. The first-order valence-corrected chi connectivity index (χ1v) is 10.9. The Labute approximate surface area is 203 Å². The molecular formula is C24H21N5O7. The summed E-state index contributed by atoms with van der Waals surface area (Å²) in [5.41, 5.74) is 5.80. The molecule has 2 N–H and O–H groups in total. The molecule has 0 saturated heterocycles. The highest BCUT2D eigenvalue weighted by Gasteiger charge is 2.26. The van der Waals surface area contributed by atoms with E-state index >= 15 is 0 Å². The number of hydrogen-bond donors (Lipinski definition) is 1. The molecule has 0 spiro atoms. The zero-order valence-electron chi connectivity index (χ0n) is 19.4. The van der Waals surface area contributed by atoms with Crippen LogP contribution in [-0.4, -0.2) is 51.5 Å². The average molecular weight is 491 g/mol. The molecular weight excluding hydrogens is 470 g/mol. The zero-order chi connectivity index (χ0) is 25.4. The topological polar surface area (TPSA) is 150 Å². The van der Waals surface area contributed by atoms with Crippen molar-refractivity contribution >= 4 is 23.0 Å². The predicted molar refractivity (Wildman–Crippen MR) is 126 cm³/mol. The Morgan fingerprint density at radius 1 is 1.11 bits per heavy atom. The van der Waals surface area contributed by atoms with Gasteiger partial charge in [0.25, 0.3) is 5.91 Å². The number of esters is 1. The monoisotopic (exact) mass is 491 g/mol. The molecule has 184 valence electrons. The fourth-order valence-corrected chi connectivity index (χ4v) is 3.96. The molecule has 12 heteroatoms. The molecule has 2 aromatic heterocycles. The quantitative estimate of drug-likeness (QED) is 0.381. The van der Waals surface area contributed by atoms with Crippen molar-refractivity contribution in [3.05, 3.63) is 58.6 Å². The van der Waals surface area contributed by atoms with Crippen LogP contribution in [0.1, 0.15) is 17.4 Å². The molecule has 2 aromatic carbocycles. The second-order valence-corrected chi connectivity index (χ2v) is 7.71. The molecule has 0 radical (unpaired) electrons. The average Bonchev–Trinajstić information content (AvgIpc) is 3.45. The summed E-state index contributed by atoms with van der Waals surface area (Å²) in [4.78, 5) is 47.5. The van der Waals surface area contributed by atoms with Crippen molar-refractivity contribution < 1.29 is 28.5 Å². The van der Waals surface area contributed by atoms with Gasteiger partial charge < -0.3 is 24.7 Å². The van der Waals surface area contributed by atoms with Crippen LogP contribution in [0.2, 0.25) is 0 Å². The first-order chi connectivity index (χ1) is 17.4. The summed E-state index contributed by atoms with van der Waals surface area (Å²) in [7, 11) is 1.52. The van der Waals surface area contributed by atoms with E-state index in [9.17, 15) is 14.4 Å². The van der Waals surface area contributed by atoms with E-state index in [-0.39, 0.29) is 36.1 Å². The van der Waals surface area contributed by atoms with E-state index in [2.05, 4.69) is 9.97 Å². The van der Waals surface area contributed by atoms with Crippen molar-refractivity contribution in [2.24, 2.45) is 5.73 Å². The summed E-state index contributed by atoms with van der Waals surface area (Å²) < 4.78 is 23.5. The number of fused-ring (bicyclic) bond motifs is 2. The second-order valence-electron chi connectivity index (χ2n) is 7.71. The molecule has 0 saturated carbocycles. The van der Waals surface area contributed by atoms with Crippen LogP contribution in [0.15, 0.2) is 47.3 Å². The molecule has 5 rings (SSSR count). The summed E-state index contributed by atoms with van der Waals surface area (Å²) in [6.45, 7) is 1.34. The lowest BCUT2D eigenvalue weighted by Gasteiger charge is -2.09. The summed E-state index contributed by atoms with van der Waals surface area (Å²) in [5, 5.41) is 0. The van der Waals surface area contributed by atoms with Gasteiger partial charge in [0.05, 0.1) is 19.4 Å². The lowest BCUT2D eigenvalue weighted by molar-refractivity contribution is -0.143. The molecule has 12 nitrogen and oxygen atoms in total. The number of carbonyl (C=O) groups excluding carboxylic acids is 2. The summed E-state index contributed by atoms with van der Waals surface area (Å²) in [6, 6.07) is 11.8. The number of primary amides is 1. The van der Waals surface area contributed by atoms with E-state index in [0.717, 1.165) is 4.57 Å². The highest BCUT2D eigenvalue weighted by atomic mass is 16.7. The standard InChI is InChI=1S/C24H21N5O7/c1-3-34-18(30)11-28-20-19(21(25)31)26-22(13-5-4-6-15(9-13)33-2)27-23(20)29(24(28)32)14-7-8-16-17(10-14)36-12-35-16/h4-10H,3,11-12H2,1-2H3,(H2,25,31). The number of methoxy groups -OCH3 is 1. The van der Waals surface area contributed by atoms with Gasteiger partial charge in [0, 0.05) is 11.6 Å². The van der Waals surface area contributed by atoms with Gasteiger partial charge in [-0.15, -0.1) is 0 Å². The van der Waals surface area contributed by atoms with E-state index in [4.69, 9.17) is 24.7 Å². The number of imidazole rings is 1. The van der Waals surface area contributed by atoms with Crippen molar-refractivity contribution in [2.45, 2.75) is 13.5 Å². The third-order valence-electron chi connectivity index (χ3n) is 5.54. The SMILES string of the molecule is CCOC(=O)Cn1c(=O)n(-c2ccc3c(c2)OCO3)c2nc(-c3cccc(OC)c3)nc(C(N)=O)c21. The normalized spacial score (nSPS) is 12.1. The van der Waals surface area contributed by atoms with Crippen LogP contribution < -0.4 is 25.6 Å². The van der Waals surface area contributed by atoms with Crippen LogP contribution in [0.5, 0.6) is 17.2 Å². The van der Waals surface area contributed by atoms with E-state index in [0.29, 0.717) is 28.5 Å². The Bertz CT molecular complexity index is 1570. The Balaban J connectivity index is 1.82. The Kier molecular flexibility index (Phi) is 5.76. The largest absolute Gasteiger partial charge is 0.497 e. The summed E-state index contributed by atoms with van der Waals surface area (Å²) in [6.07, 6.45) is 0. The van der Waals surface area contributed by atoms with Gasteiger partial charge in [-0.25, -0.2) is 19.3 Å². The number of nitrogens with two attached hydrogens (primary N) is 1. The minimum Gasteiger partial charge on any atom is -0.497 e. The summed E-state index contributed by atoms with van der Waals surface area (Å²) in [5.74, 6) is 0.0703. The van der Waals surface area contributed by atoms with Gasteiger partial charge >= 0.3 is 11.7 Å². The summed E-state index contributed by atoms with van der Waals surface area (Å²) >= 11 is 0. The third kappa shape index (κ3) is 3.87. The first kappa shape index (κ1) is 22.9. The van der Waals surface area contributed by atoms with Crippen molar-refractivity contribution in [3.8, 4) is 34.3 Å². The van der Waals surface area contributed by atoms with Gasteiger partial charge in [0.2, 0.25) is 6.79 Å². The van der Waals surface area contributed by atoms with Crippen molar-refractivity contribution in [1.29, 1.82) is 0 Å². The molecule has 0 bridgehead atoms. The first-order valence-electron chi connectivity index (χ1n) is 10.9. The number of nitrogens with zero attached hydrogens (tertiary/aromatic N) is 4. The fraction of sp³-hybridized carbons (Fsp3) is 0.208. The van der Waals surface area contributed by atoms with Gasteiger partial charge in [0.1, 0.15) is 17.8 Å². The van der Waals surface area contributed by atoms with Crippen LogP contribution in [0.4, 0.5) is 0 Å². The maximum absolute atomic E-state index is 13.7. The Morgan fingerprint density at radius 3 is 2.67 bits per heavy atom. The maximum atomic E-state index is 13.7. The van der Waals surface area contributed by atoms with Crippen LogP contribution in [0.25, 0.3) is 28.2 Å². The van der Waals surface area contributed by atoms with Crippen LogP contribution in [0.3, 0.4) is 0 Å². The van der Waals surface area contributed by atoms with E-state index in [1.807, 2.05) is 0 Å². The van der Waals surface area contributed by atoms with E-state index in [1.165, 1.54) is 11.7 Å². The fourth-order valence-electron chi connectivity index (χ4n) is 3.96. The molecule has 1 aliphatic rings. The molecule has 1 aliphatic heterocycles. The Hall–Kier alpha value is -4.87. The number of hydrogen-bond acceptors (Lipinski definition) is 9. The highest BCUT2D eigenvalue weighted by molar-refractivity contribution is 6.02. The highest BCUT2D eigenvalue weighted by Crippen LogP contribution is 2.34. The van der Waals surface area contributed by atoms with Gasteiger partial charge in [-0.1, -0.05) is 12.1 Å². The van der Waals surface area contributed by atoms with Gasteiger partial charge in [0.15, 0.2) is 28.7 Å². The number of carbonyl (C=O) groups is 2. The van der Waals surface area contributed by atoms with Crippen LogP contribution >= 0.6 is 0 Å².